The van der Waals surface area contributed by atoms with Gasteiger partial charge in [-0.3, -0.25) is 4.99 Å². The van der Waals surface area contributed by atoms with Gasteiger partial charge in [-0.15, -0.1) is 24.0 Å². The summed E-state index contributed by atoms with van der Waals surface area (Å²) in [6.45, 7) is 12.1. The van der Waals surface area contributed by atoms with Gasteiger partial charge in [0.15, 0.2) is 5.96 Å². The van der Waals surface area contributed by atoms with Crippen LogP contribution in [0.3, 0.4) is 0 Å². The van der Waals surface area contributed by atoms with Crippen LogP contribution in [0.25, 0.3) is 0 Å². The maximum absolute atomic E-state index is 11.5. The Hall–Kier alpha value is -0.990. The topological polar surface area (TPSA) is 74.8 Å². The molecule has 6 nitrogen and oxygen atoms in total. The molecule has 1 amide bonds. The van der Waals surface area contributed by atoms with Gasteiger partial charge in [-0.2, -0.15) is 0 Å². The third kappa shape index (κ3) is 15.4. The van der Waals surface area contributed by atoms with E-state index in [9.17, 15) is 4.79 Å². The number of carbonyl (C=O) groups excluding carboxylic acids is 1. The molecule has 0 unspecified atom stereocenters. The smallest absolute Gasteiger partial charge is 0.407 e. The molecule has 0 rings (SSSR count). The van der Waals surface area contributed by atoms with Gasteiger partial charge in [-0.25, -0.2) is 4.79 Å². The Balaban J connectivity index is 0. The minimum Gasteiger partial charge on any atom is -0.444 e. The Morgan fingerprint density at radius 1 is 1.18 bits per heavy atom. The molecule has 0 saturated carbocycles. The molecule has 0 saturated heterocycles. The second kappa shape index (κ2) is 13.7. The Bertz CT molecular complexity index is 352. The highest BCUT2D eigenvalue weighted by Crippen LogP contribution is 2.05. The summed E-state index contributed by atoms with van der Waals surface area (Å²) in [4.78, 5) is 15.9. The van der Waals surface area contributed by atoms with Crippen molar-refractivity contribution in [3.8, 4) is 0 Å². The number of rotatable bonds is 7. The van der Waals surface area contributed by atoms with Crippen LogP contribution in [0.1, 0.15) is 41.0 Å². The Morgan fingerprint density at radius 3 is 2.36 bits per heavy atom. The molecule has 7 heteroatoms. The van der Waals surface area contributed by atoms with E-state index < -0.39 is 11.7 Å². The second-order valence-electron chi connectivity index (χ2n) is 5.47. The first-order valence-electron chi connectivity index (χ1n) is 7.49. The molecular weight excluding hydrogens is 395 g/mol. The number of guanidine groups is 1. The van der Waals surface area contributed by atoms with Gasteiger partial charge in [0, 0.05) is 26.2 Å². The minimum atomic E-state index is -0.472. The molecule has 0 bridgehead atoms. The summed E-state index contributed by atoms with van der Waals surface area (Å²) in [6.07, 6.45) is 4.61. The standard InChI is InChI=1S/C15H30N4O2.HI/c1-6-8-9-10-17-13(16-7-2)18-11-12-19-14(20)21-15(3,4)5;/h6,8H,7,9-12H2,1-5H3,(H,19,20)(H2,16,17,18);1H. The predicted octanol–water partition coefficient (Wildman–Crippen LogP) is 2.65. The first kappa shape index (κ1) is 23.3. The number of carbonyl (C=O) groups is 1. The molecule has 0 aliphatic carbocycles. The van der Waals surface area contributed by atoms with Crippen molar-refractivity contribution >= 4 is 36.0 Å². The zero-order chi connectivity index (χ0) is 16.1. The summed E-state index contributed by atoms with van der Waals surface area (Å²) < 4.78 is 5.15. The maximum atomic E-state index is 11.5. The molecule has 0 aliphatic rings. The zero-order valence-corrected chi connectivity index (χ0v) is 16.7. The summed E-state index contributed by atoms with van der Waals surface area (Å²) in [7, 11) is 0. The Labute approximate surface area is 151 Å². The normalized spacial score (nSPS) is 11.8. The average Bonchev–Trinajstić information content (AvgIpc) is 2.37. The fraction of sp³-hybridized carbons (Fsp3) is 0.733. The van der Waals surface area contributed by atoms with Crippen molar-refractivity contribution in [3.05, 3.63) is 12.2 Å². The number of hydrogen-bond acceptors (Lipinski definition) is 3. The van der Waals surface area contributed by atoms with Crippen LogP contribution >= 0.6 is 24.0 Å². The molecule has 0 aromatic carbocycles. The number of nitrogens with one attached hydrogen (secondary N) is 3. The summed E-state index contributed by atoms with van der Waals surface area (Å²) in [5.74, 6) is 0.757. The van der Waals surface area contributed by atoms with Gasteiger partial charge in [0.1, 0.15) is 5.60 Å². The van der Waals surface area contributed by atoms with Gasteiger partial charge in [0.05, 0.1) is 0 Å². The summed E-state index contributed by atoms with van der Waals surface area (Å²) in [5.41, 5.74) is -0.472. The molecule has 130 valence electrons. The lowest BCUT2D eigenvalue weighted by Crippen LogP contribution is -2.42. The van der Waals surface area contributed by atoms with Crippen molar-refractivity contribution in [2.75, 3.05) is 26.2 Å². The van der Waals surface area contributed by atoms with Crippen LogP contribution in [0.5, 0.6) is 0 Å². The number of alkyl carbamates (subject to hydrolysis) is 1. The van der Waals surface area contributed by atoms with E-state index in [0.29, 0.717) is 13.1 Å². The summed E-state index contributed by atoms with van der Waals surface area (Å²) in [5, 5.41) is 9.01. The number of halogens is 1. The highest BCUT2D eigenvalue weighted by molar-refractivity contribution is 14.0. The van der Waals surface area contributed by atoms with E-state index in [1.807, 2.05) is 40.7 Å². The van der Waals surface area contributed by atoms with E-state index in [4.69, 9.17) is 4.74 Å². The highest BCUT2D eigenvalue weighted by atomic mass is 127. The Kier molecular flexibility index (Phi) is 14.5. The highest BCUT2D eigenvalue weighted by Gasteiger charge is 2.15. The largest absolute Gasteiger partial charge is 0.444 e. The fourth-order valence-corrected chi connectivity index (χ4v) is 1.42. The van der Waals surface area contributed by atoms with Crippen LogP contribution in [0, 0.1) is 0 Å². The molecule has 0 aromatic rings. The molecule has 0 heterocycles. The van der Waals surface area contributed by atoms with Crippen molar-refractivity contribution in [1.29, 1.82) is 0 Å². The lowest BCUT2D eigenvalue weighted by molar-refractivity contribution is 0.0529. The van der Waals surface area contributed by atoms with Gasteiger partial charge in [-0.05, 0) is 41.0 Å². The minimum absolute atomic E-state index is 0. The van der Waals surface area contributed by atoms with Gasteiger partial charge in [0.2, 0.25) is 0 Å². The van der Waals surface area contributed by atoms with Crippen LogP contribution in [-0.4, -0.2) is 43.8 Å². The van der Waals surface area contributed by atoms with Crippen LogP contribution in [0.2, 0.25) is 0 Å². The average molecular weight is 426 g/mol. The van der Waals surface area contributed by atoms with Gasteiger partial charge >= 0.3 is 6.09 Å². The van der Waals surface area contributed by atoms with Crippen LogP contribution in [0.4, 0.5) is 4.79 Å². The molecule has 0 aromatic heterocycles. The van der Waals surface area contributed by atoms with Crippen molar-refractivity contribution in [2.45, 2.75) is 46.6 Å². The van der Waals surface area contributed by atoms with Gasteiger partial charge in [0.25, 0.3) is 0 Å². The molecule has 0 radical (unpaired) electrons. The quantitative estimate of drug-likeness (QED) is 0.192. The number of hydrogen-bond donors (Lipinski definition) is 3. The van der Waals surface area contributed by atoms with E-state index in [2.05, 4.69) is 27.0 Å². The lowest BCUT2D eigenvalue weighted by atomic mass is 10.2. The monoisotopic (exact) mass is 426 g/mol. The van der Waals surface area contributed by atoms with Crippen LogP contribution in [0.15, 0.2) is 17.1 Å². The van der Waals surface area contributed by atoms with Crippen molar-refractivity contribution in [2.24, 2.45) is 4.99 Å². The van der Waals surface area contributed by atoms with E-state index in [0.717, 1.165) is 25.5 Å². The number of nitrogens with zero attached hydrogens (tertiary/aromatic N) is 1. The molecule has 0 atom stereocenters. The fourth-order valence-electron chi connectivity index (χ4n) is 1.42. The van der Waals surface area contributed by atoms with Crippen molar-refractivity contribution in [1.82, 2.24) is 16.0 Å². The van der Waals surface area contributed by atoms with Gasteiger partial charge < -0.3 is 20.7 Å². The van der Waals surface area contributed by atoms with Crippen LogP contribution < -0.4 is 16.0 Å². The molecule has 0 spiro atoms. The first-order chi connectivity index (χ1) is 9.89. The molecule has 0 aliphatic heterocycles. The van der Waals surface area contributed by atoms with Crippen molar-refractivity contribution < 1.29 is 9.53 Å². The number of allylic oxidation sites excluding steroid dienone is 1. The molecule has 0 fully saturated rings. The molecular formula is C15H31IN4O2. The molecule has 22 heavy (non-hydrogen) atoms. The number of aliphatic imine (C=N–C) groups is 1. The summed E-state index contributed by atoms with van der Waals surface area (Å²) in [6, 6.07) is 0. The number of ether oxygens (including phenoxy) is 1. The predicted molar refractivity (Wildman–Crippen MR) is 103 cm³/mol. The Morgan fingerprint density at radius 2 is 1.82 bits per heavy atom. The maximum Gasteiger partial charge on any atom is 0.407 e. The zero-order valence-electron chi connectivity index (χ0n) is 14.4. The third-order valence-electron chi connectivity index (χ3n) is 2.23. The SMILES string of the molecule is CC=CCCN=C(NCC)NCCNC(=O)OC(C)(C)C.I. The summed E-state index contributed by atoms with van der Waals surface area (Å²) >= 11 is 0. The van der Waals surface area contributed by atoms with Gasteiger partial charge in [-0.1, -0.05) is 12.2 Å². The lowest BCUT2D eigenvalue weighted by Gasteiger charge is -2.19. The van der Waals surface area contributed by atoms with E-state index in [1.54, 1.807) is 0 Å². The van der Waals surface area contributed by atoms with Crippen LogP contribution in [-0.2, 0) is 4.74 Å². The first-order valence-corrected chi connectivity index (χ1v) is 7.49. The number of amides is 1. The second-order valence-corrected chi connectivity index (χ2v) is 5.47. The van der Waals surface area contributed by atoms with E-state index >= 15 is 0 Å². The molecule has 3 N–H and O–H groups in total. The van der Waals surface area contributed by atoms with E-state index in [1.165, 1.54) is 0 Å². The third-order valence-corrected chi connectivity index (χ3v) is 2.23. The van der Waals surface area contributed by atoms with E-state index in [-0.39, 0.29) is 24.0 Å². The van der Waals surface area contributed by atoms with Crippen molar-refractivity contribution in [3.63, 3.8) is 0 Å².